The third kappa shape index (κ3) is 4.38. The van der Waals surface area contributed by atoms with Gasteiger partial charge in [-0.05, 0) is 42.9 Å². The summed E-state index contributed by atoms with van der Waals surface area (Å²) in [6, 6.07) is 6.87. The minimum absolute atomic E-state index is 0.0836. The third-order valence-electron chi connectivity index (χ3n) is 6.08. The van der Waals surface area contributed by atoms with Gasteiger partial charge in [-0.15, -0.1) is 0 Å². The number of carbonyl (C=O) groups is 1. The average Bonchev–Trinajstić information content (AvgIpc) is 3.31. The van der Waals surface area contributed by atoms with Gasteiger partial charge in [0.05, 0.1) is 18.8 Å². The van der Waals surface area contributed by atoms with E-state index in [2.05, 4.69) is 9.88 Å². The first-order valence-corrected chi connectivity index (χ1v) is 10.0. The summed E-state index contributed by atoms with van der Waals surface area (Å²) < 4.78 is 12.5. The molecule has 2 fully saturated rings. The fourth-order valence-corrected chi connectivity index (χ4v) is 4.56. The van der Waals surface area contributed by atoms with Gasteiger partial charge in [0.2, 0.25) is 0 Å². The molecule has 8 nitrogen and oxygen atoms in total. The van der Waals surface area contributed by atoms with Crippen LogP contribution >= 0.6 is 0 Å². The Balaban J connectivity index is 1.35. The van der Waals surface area contributed by atoms with Crippen LogP contribution in [0.5, 0.6) is 5.75 Å². The number of carbonyl (C=O) groups excluding carboxylic acids is 1. The van der Waals surface area contributed by atoms with Gasteiger partial charge >= 0.3 is 11.7 Å². The molecule has 0 unspecified atom stereocenters. The van der Waals surface area contributed by atoms with Crippen molar-refractivity contribution >= 4 is 5.97 Å². The van der Waals surface area contributed by atoms with Crippen LogP contribution in [-0.2, 0) is 11.3 Å². The summed E-state index contributed by atoms with van der Waals surface area (Å²) >= 11 is 0. The minimum Gasteiger partial charge on any atom is -0.488 e. The largest absolute Gasteiger partial charge is 0.488 e. The number of likely N-dealkylation sites (tertiary alicyclic amines) is 1. The van der Waals surface area contributed by atoms with Crippen molar-refractivity contribution in [2.75, 3.05) is 26.7 Å². The molecule has 1 aromatic carbocycles. The number of benzene rings is 1. The Morgan fingerprint density at radius 1 is 1.24 bits per heavy atom. The monoisotopic (exact) mass is 401 g/mol. The fourth-order valence-electron chi connectivity index (χ4n) is 4.56. The van der Waals surface area contributed by atoms with E-state index in [4.69, 9.17) is 9.47 Å². The predicted octanol–water partition coefficient (Wildman–Crippen LogP) is 1.11. The zero-order chi connectivity index (χ0) is 20.4. The molecule has 4 rings (SSSR count). The van der Waals surface area contributed by atoms with Crippen LogP contribution in [0.1, 0.15) is 23.2 Å². The van der Waals surface area contributed by atoms with Gasteiger partial charge in [-0.3, -0.25) is 4.57 Å². The van der Waals surface area contributed by atoms with E-state index in [9.17, 15) is 14.7 Å². The fraction of sp³-hybridized carbons (Fsp3) is 0.524. The number of nitrogens with one attached hydrogen (secondary N) is 1. The van der Waals surface area contributed by atoms with E-state index in [0.29, 0.717) is 36.1 Å². The molecular formula is C21H27N3O5. The van der Waals surface area contributed by atoms with Crippen molar-refractivity contribution in [3.8, 4) is 5.75 Å². The van der Waals surface area contributed by atoms with E-state index in [0.717, 1.165) is 26.1 Å². The quantitative estimate of drug-likeness (QED) is 0.704. The molecule has 1 aliphatic heterocycles. The summed E-state index contributed by atoms with van der Waals surface area (Å²) in [6.07, 6.45) is 4.06. The van der Waals surface area contributed by atoms with Gasteiger partial charge in [-0.2, -0.15) is 0 Å². The summed E-state index contributed by atoms with van der Waals surface area (Å²) in [5, 5.41) is 10.6. The summed E-state index contributed by atoms with van der Waals surface area (Å²) in [6.45, 7) is 3.35. The molecule has 1 saturated carbocycles. The van der Waals surface area contributed by atoms with Gasteiger partial charge < -0.3 is 24.5 Å². The third-order valence-corrected chi connectivity index (χ3v) is 6.08. The number of esters is 1. The summed E-state index contributed by atoms with van der Waals surface area (Å²) in [4.78, 5) is 28.4. The molecule has 2 heterocycles. The van der Waals surface area contributed by atoms with E-state index in [1.807, 2.05) is 0 Å². The Bertz CT molecular complexity index is 907. The van der Waals surface area contributed by atoms with Crippen LogP contribution in [0.25, 0.3) is 0 Å². The van der Waals surface area contributed by atoms with E-state index in [1.165, 1.54) is 7.11 Å². The molecule has 156 valence electrons. The number of imidazole rings is 1. The molecular weight excluding hydrogens is 374 g/mol. The second-order valence-corrected chi connectivity index (χ2v) is 7.95. The second-order valence-electron chi connectivity index (χ2n) is 7.95. The van der Waals surface area contributed by atoms with Crippen LogP contribution in [0, 0.1) is 11.8 Å². The summed E-state index contributed by atoms with van der Waals surface area (Å²) in [5.74, 6) is 1.05. The number of nitrogens with zero attached hydrogens (tertiary/aromatic N) is 2. The van der Waals surface area contributed by atoms with Crippen molar-refractivity contribution in [2.45, 2.75) is 31.6 Å². The molecule has 1 saturated heterocycles. The average molecular weight is 401 g/mol. The number of rotatable bonds is 6. The highest BCUT2D eigenvalue weighted by atomic mass is 16.5. The SMILES string of the molecule is COC(=O)c1cccc(O[C@@H]2C[C@@H]3CN(CCn4cc[nH]c4=O)C[C@@H]3C[C@H]2O)c1. The van der Waals surface area contributed by atoms with Gasteiger partial charge in [-0.1, -0.05) is 6.07 Å². The highest BCUT2D eigenvalue weighted by Gasteiger charge is 2.42. The van der Waals surface area contributed by atoms with E-state index in [1.54, 1.807) is 41.2 Å². The molecule has 2 aromatic rings. The molecule has 0 spiro atoms. The van der Waals surface area contributed by atoms with Crippen molar-refractivity contribution in [1.82, 2.24) is 14.5 Å². The maximum atomic E-state index is 11.7. The molecule has 8 heteroatoms. The van der Waals surface area contributed by atoms with Crippen molar-refractivity contribution < 1.29 is 19.4 Å². The number of hydrogen-bond acceptors (Lipinski definition) is 6. The van der Waals surface area contributed by atoms with Gasteiger partial charge in [0.1, 0.15) is 11.9 Å². The Labute approximate surface area is 169 Å². The number of aromatic nitrogens is 2. The summed E-state index contributed by atoms with van der Waals surface area (Å²) in [5.41, 5.74) is 0.347. The van der Waals surface area contributed by atoms with E-state index in [-0.39, 0.29) is 11.8 Å². The van der Waals surface area contributed by atoms with Gasteiger partial charge in [0, 0.05) is 38.6 Å². The lowest BCUT2D eigenvalue weighted by atomic mass is 9.78. The first-order chi connectivity index (χ1) is 14.0. The predicted molar refractivity (Wildman–Crippen MR) is 106 cm³/mol. The molecule has 29 heavy (non-hydrogen) atoms. The number of aliphatic hydroxyl groups is 1. The Kier molecular flexibility index (Phi) is 5.73. The van der Waals surface area contributed by atoms with E-state index >= 15 is 0 Å². The maximum absolute atomic E-state index is 11.7. The zero-order valence-electron chi connectivity index (χ0n) is 16.5. The van der Waals surface area contributed by atoms with Crippen molar-refractivity contribution in [3.63, 3.8) is 0 Å². The summed E-state index contributed by atoms with van der Waals surface area (Å²) in [7, 11) is 1.35. The number of fused-ring (bicyclic) bond motifs is 1. The highest BCUT2D eigenvalue weighted by Crippen LogP contribution is 2.38. The molecule has 2 aliphatic rings. The Morgan fingerprint density at radius 3 is 2.76 bits per heavy atom. The lowest BCUT2D eigenvalue weighted by molar-refractivity contribution is -0.0231. The molecule has 2 N–H and O–H groups in total. The van der Waals surface area contributed by atoms with Crippen LogP contribution in [0.3, 0.4) is 0 Å². The Hall–Kier alpha value is -2.58. The van der Waals surface area contributed by atoms with Crippen LogP contribution in [0.15, 0.2) is 41.5 Å². The van der Waals surface area contributed by atoms with Gasteiger partial charge in [-0.25, -0.2) is 9.59 Å². The lowest BCUT2D eigenvalue weighted by Crippen LogP contribution is -2.42. The molecule has 4 atom stereocenters. The lowest BCUT2D eigenvalue weighted by Gasteiger charge is -2.35. The molecule has 0 radical (unpaired) electrons. The number of aromatic amines is 1. The van der Waals surface area contributed by atoms with Crippen LogP contribution in [0.4, 0.5) is 0 Å². The van der Waals surface area contributed by atoms with Gasteiger partial charge in [0.15, 0.2) is 0 Å². The second kappa shape index (κ2) is 8.42. The van der Waals surface area contributed by atoms with Gasteiger partial charge in [0.25, 0.3) is 0 Å². The number of aliphatic hydroxyl groups excluding tert-OH is 1. The maximum Gasteiger partial charge on any atom is 0.337 e. The molecule has 1 aromatic heterocycles. The minimum atomic E-state index is -0.537. The smallest absolute Gasteiger partial charge is 0.337 e. The molecule has 1 aliphatic carbocycles. The molecule has 0 amide bonds. The highest BCUT2D eigenvalue weighted by molar-refractivity contribution is 5.89. The molecule has 0 bridgehead atoms. The van der Waals surface area contributed by atoms with Crippen LogP contribution in [0.2, 0.25) is 0 Å². The van der Waals surface area contributed by atoms with E-state index < -0.39 is 12.1 Å². The Morgan fingerprint density at radius 2 is 2.03 bits per heavy atom. The van der Waals surface area contributed by atoms with Crippen molar-refractivity contribution in [3.05, 3.63) is 52.7 Å². The zero-order valence-corrected chi connectivity index (χ0v) is 16.5. The standard InChI is InChI=1S/C21H27N3O5/c1-28-20(26)14-3-2-4-17(9-14)29-19-11-16-13-23(12-15(16)10-18(19)25)7-8-24-6-5-22-21(24)27/h2-6,9,15-16,18-19,25H,7-8,10-13H2,1H3,(H,22,27)/t15-,16+,18+,19+/m0/s1. The topological polar surface area (TPSA) is 96.8 Å². The van der Waals surface area contributed by atoms with Crippen molar-refractivity contribution in [1.29, 1.82) is 0 Å². The van der Waals surface area contributed by atoms with Crippen LogP contribution < -0.4 is 10.4 Å². The number of hydrogen-bond donors (Lipinski definition) is 2. The number of H-pyrrole nitrogens is 1. The number of methoxy groups -OCH3 is 1. The van der Waals surface area contributed by atoms with Crippen LogP contribution in [-0.4, -0.2) is 64.5 Å². The number of ether oxygens (including phenoxy) is 2. The first-order valence-electron chi connectivity index (χ1n) is 10.0. The first kappa shape index (κ1) is 19.7. The normalized spacial score (nSPS) is 26.8. The van der Waals surface area contributed by atoms with Crippen molar-refractivity contribution in [2.24, 2.45) is 11.8 Å².